The smallest absolute Gasteiger partial charge is 0.872 e. The largest absolute Gasteiger partial charge is 2.00 e. The molecule has 0 saturated carbocycles. The molecule has 132 valence electrons. The average Bonchev–Trinajstić information content (AvgIpc) is 3.30. The number of rotatable bonds is 0. The van der Waals surface area contributed by atoms with Crippen LogP contribution in [0.1, 0.15) is 6.92 Å². The van der Waals surface area contributed by atoms with Gasteiger partial charge in [-0.1, -0.05) is 30.1 Å². The fraction of sp³-hybridized carbons (Fsp3) is 0.0476. The van der Waals surface area contributed by atoms with Crippen LogP contribution in [0.3, 0.4) is 0 Å². The Balaban J connectivity index is 0.000000351. The van der Waals surface area contributed by atoms with Gasteiger partial charge in [0.1, 0.15) is 16.9 Å². The Morgan fingerprint density at radius 2 is 1.77 bits per heavy atom. The first-order valence-electron chi connectivity index (χ1n) is 7.77. The molecule has 1 aliphatic heterocycles. The van der Waals surface area contributed by atoms with Gasteiger partial charge in [0.05, 0.1) is 5.22 Å². The predicted octanol–water partition coefficient (Wildman–Crippen LogP) is 2.18. The first kappa shape index (κ1) is 19.4. The number of benzene rings is 1. The van der Waals surface area contributed by atoms with Crippen molar-refractivity contribution >= 4 is 11.3 Å². The van der Waals surface area contributed by atoms with Gasteiger partial charge in [-0.2, -0.15) is 18.2 Å². The molecule has 2 aliphatic carbocycles. The van der Waals surface area contributed by atoms with Crippen molar-refractivity contribution in [3.63, 3.8) is 0 Å². The Hall–Kier alpha value is -2.88. The van der Waals surface area contributed by atoms with Crippen molar-refractivity contribution in [2.45, 2.75) is 6.92 Å². The zero-order valence-corrected chi connectivity index (χ0v) is 15.1. The number of hydrogen-bond donors (Lipinski definition) is 1. The molecule has 0 fully saturated rings. The van der Waals surface area contributed by atoms with Crippen molar-refractivity contribution in [3.05, 3.63) is 93.7 Å². The van der Waals surface area contributed by atoms with Gasteiger partial charge in [0.15, 0.2) is 5.43 Å². The first-order valence-corrected chi connectivity index (χ1v) is 7.77. The van der Waals surface area contributed by atoms with Gasteiger partial charge in [0.2, 0.25) is 0 Å². The third-order valence-electron chi connectivity index (χ3n) is 3.72. The van der Waals surface area contributed by atoms with E-state index in [1.807, 2.05) is 54.6 Å². The van der Waals surface area contributed by atoms with Crippen LogP contribution in [0.2, 0.25) is 0 Å². The third kappa shape index (κ3) is 4.20. The third-order valence-corrected chi connectivity index (χ3v) is 3.72. The maximum atomic E-state index is 12.1. The van der Waals surface area contributed by atoms with E-state index in [0.29, 0.717) is 5.42 Å². The summed E-state index contributed by atoms with van der Waals surface area (Å²) in [7, 11) is 0. The molecule has 1 aromatic carbocycles. The van der Waals surface area contributed by atoms with Crippen LogP contribution >= 0.6 is 0 Å². The summed E-state index contributed by atoms with van der Waals surface area (Å²) < 4.78 is 5.61. The van der Waals surface area contributed by atoms with Crippen LogP contribution < -0.4 is 21.2 Å². The molecule has 0 spiro atoms. The molecular weight excluding hydrogens is 372 g/mol. The van der Waals surface area contributed by atoms with Crippen LogP contribution in [0.4, 0.5) is 0 Å². The molecule has 26 heavy (non-hydrogen) atoms. The zero-order valence-electron chi connectivity index (χ0n) is 14.0. The van der Waals surface area contributed by atoms with Gasteiger partial charge in [-0.3, -0.25) is 4.79 Å². The van der Waals surface area contributed by atoms with Gasteiger partial charge in [-0.15, -0.1) is 0 Å². The predicted molar refractivity (Wildman–Crippen MR) is 95.7 cm³/mol. The quantitative estimate of drug-likeness (QED) is 0.473. The van der Waals surface area contributed by atoms with Crippen molar-refractivity contribution in [1.29, 1.82) is 0 Å². The van der Waals surface area contributed by atoms with Crippen molar-refractivity contribution in [2.24, 2.45) is 0 Å². The maximum absolute atomic E-state index is 12.1. The topological polar surface area (TPSA) is 73.5 Å². The van der Waals surface area contributed by atoms with E-state index in [4.69, 9.17) is 4.42 Å². The van der Waals surface area contributed by atoms with E-state index in [0.717, 1.165) is 5.57 Å². The first-order chi connectivity index (χ1) is 12.1. The number of aliphatic hydroxyl groups is 1. The minimum Gasteiger partial charge on any atom is -0.872 e. The summed E-state index contributed by atoms with van der Waals surface area (Å²) in [6, 6.07) is 14.0. The second kappa shape index (κ2) is 8.47. The average molecular weight is 388 g/mol. The molecule has 0 amide bonds. The van der Waals surface area contributed by atoms with E-state index in [1.54, 1.807) is 0 Å². The van der Waals surface area contributed by atoms with Crippen molar-refractivity contribution in [2.75, 3.05) is 0 Å². The van der Waals surface area contributed by atoms with Gasteiger partial charge in [0, 0.05) is 17.2 Å². The van der Waals surface area contributed by atoms with E-state index >= 15 is 0 Å². The standard InChI is InChI=1S/C16H12O4.C5H5.Fe/c1-9(17)11-6-12-14(19)7-15(10-4-2-3-5-10)20-16(12)8-13(11)18;1-2-4-5-3-1;/h2-8,17,19H,1H3;1-5H;/q;-1;+2/p-1. The summed E-state index contributed by atoms with van der Waals surface area (Å²) in [6.07, 6.45) is 7.32. The molecule has 4 nitrogen and oxygen atoms in total. The second-order valence-electron chi connectivity index (χ2n) is 5.54. The molecule has 1 aromatic rings. The van der Waals surface area contributed by atoms with E-state index < -0.39 is 0 Å². The monoisotopic (exact) mass is 388 g/mol. The summed E-state index contributed by atoms with van der Waals surface area (Å²) in [5.74, 6) is -0.134. The Bertz CT molecular complexity index is 1050. The Morgan fingerprint density at radius 1 is 1.12 bits per heavy atom. The Labute approximate surface area is 160 Å². The van der Waals surface area contributed by atoms with Crippen molar-refractivity contribution in [3.8, 4) is 17.1 Å². The minimum absolute atomic E-state index is 0. The summed E-state index contributed by atoms with van der Waals surface area (Å²) in [4.78, 5) is 11.8. The van der Waals surface area contributed by atoms with Crippen LogP contribution in [0.5, 0.6) is 5.75 Å². The Kier molecular flexibility index (Phi) is 6.34. The maximum Gasteiger partial charge on any atom is 2.00 e. The molecule has 1 N–H and O–H groups in total. The summed E-state index contributed by atoms with van der Waals surface area (Å²) in [5.41, 5.74) is 1.11. The molecule has 0 radical (unpaired) electrons. The van der Waals surface area contributed by atoms with Crippen LogP contribution in [0.15, 0.2) is 82.0 Å². The van der Waals surface area contributed by atoms with Gasteiger partial charge in [0.25, 0.3) is 0 Å². The van der Waals surface area contributed by atoms with Gasteiger partial charge in [-0.25, -0.2) is 12.1 Å². The molecule has 0 unspecified atom stereocenters. The molecule has 1 heterocycles. The number of allylic oxidation sites excluding steroid dienone is 4. The number of aliphatic hydroxyl groups excluding tert-OH is 1. The van der Waals surface area contributed by atoms with Crippen LogP contribution in [0.25, 0.3) is 22.7 Å². The fourth-order valence-corrected chi connectivity index (χ4v) is 2.47. The van der Waals surface area contributed by atoms with Gasteiger partial charge >= 0.3 is 17.1 Å². The zero-order chi connectivity index (χ0) is 17.8. The minimum atomic E-state index is -0.375. The van der Waals surface area contributed by atoms with E-state index in [2.05, 4.69) is 0 Å². The molecular formula is C21H16FeO4. The molecule has 0 bridgehead atoms. The molecule has 0 aromatic heterocycles. The molecule has 0 atom stereocenters. The molecule has 5 heteroatoms. The van der Waals surface area contributed by atoms with E-state index in [9.17, 15) is 15.0 Å². The summed E-state index contributed by atoms with van der Waals surface area (Å²) >= 11 is 0. The van der Waals surface area contributed by atoms with E-state index in [1.165, 1.54) is 25.1 Å². The van der Waals surface area contributed by atoms with Crippen LogP contribution in [-0.4, -0.2) is 5.11 Å². The Morgan fingerprint density at radius 3 is 2.31 bits per heavy atom. The number of fused-ring (bicyclic) bond motifs is 1. The van der Waals surface area contributed by atoms with Crippen molar-refractivity contribution < 1.29 is 31.7 Å². The van der Waals surface area contributed by atoms with Crippen LogP contribution in [-0.2, 0) is 17.1 Å². The van der Waals surface area contributed by atoms with E-state index in [-0.39, 0.29) is 50.5 Å². The SMILES string of the molecule is CC(O)=c1cc2c([O-])cc(=C3C=CC=C3)oc-2cc1=O.[Fe+2].c1cc[cH-]c1. The molecule has 0 saturated heterocycles. The molecule has 3 aliphatic rings. The summed E-state index contributed by atoms with van der Waals surface area (Å²) in [5, 5.41) is 21.7. The van der Waals surface area contributed by atoms with Crippen LogP contribution in [0, 0.1) is 0 Å². The van der Waals surface area contributed by atoms with Gasteiger partial charge in [-0.05, 0) is 19.1 Å². The number of hydrogen-bond acceptors (Lipinski definition) is 4. The fourth-order valence-electron chi connectivity index (χ4n) is 2.47. The van der Waals surface area contributed by atoms with Crippen molar-refractivity contribution in [1.82, 2.24) is 0 Å². The normalized spacial score (nSPS) is 13.2. The second-order valence-corrected chi connectivity index (χ2v) is 5.54. The summed E-state index contributed by atoms with van der Waals surface area (Å²) in [6.45, 7) is 1.41. The van der Waals surface area contributed by atoms with Gasteiger partial charge < -0.3 is 14.6 Å². The molecule has 4 rings (SSSR count).